The lowest BCUT2D eigenvalue weighted by atomic mass is 10.0. The second-order valence-electron chi connectivity index (χ2n) is 5.38. The Kier molecular flexibility index (Phi) is 5.00. The molecule has 0 radical (unpaired) electrons. The molecule has 3 N–H and O–H groups in total. The van der Waals surface area contributed by atoms with Gasteiger partial charge in [-0.2, -0.15) is 0 Å². The molecule has 3 heterocycles. The Morgan fingerprint density at radius 1 is 1.54 bits per heavy atom. The zero-order chi connectivity index (χ0) is 18.8. The Hall–Kier alpha value is -2.79. The van der Waals surface area contributed by atoms with Gasteiger partial charge in [-0.05, 0) is 17.7 Å². The third-order valence-electron chi connectivity index (χ3n) is 3.88. The van der Waals surface area contributed by atoms with Crippen LogP contribution in [0.4, 0.5) is 0 Å². The Morgan fingerprint density at radius 3 is 2.88 bits per heavy atom. The molecule has 1 fully saturated rings. The number of rotatable bonds is 6. The van der Waals surface area contributed by atoms with Crippen molar-refractivity contribution in [1.82, 2.24) is 10.2 Å². The van der Waals surface area contributed by atoms with Gasteiger partial charge in [-0.25, -0.2) is 4.79 Å². The van der Waals surface area contributed by atoms with Crippen LogP contribution < -0.4 is 5.32 Å². The summed E-state index contributed by atoms with van der Waals surface area (Å²) in [5.74, 6) is -2.15. The summed E-state index contributed by atoms with van der Waals surface area (Å²) in [5.41, 5.74) is -0.118. The van der Waals surface area contributed by atoms with Gasteiger partial charge in [0.05, 0.1) is 12.9 Å². The van der Waals surface area contributed by atoms with E-state index < -0.39 is 35.8 Å². The van der Waals surface area contributed by atoms with E-state index in [2.05, 4.69) is 15.3 Å². The molecule has 3 rings (SSSR count). The van der Waals surface area contributed by atoms with Gasteiger partial charge in [-0.1, -0.05) is 5.16 Å². The zero-order valence-corrected chi connectivity index (χ0v) is 14.4. The van der Waals surface area contributed by atoms with E-state index in [4.69, 9.17) is 4.42 Å². The number of nitrogens with one attached hydrogen (secondary N) is 1. The van der Waals surface area contributed by atoms with Gasteiger partial charge < -0.3 is 24.8 Å². The van der Waals surface area contributed by atoms with E-state index in [1.54, 1.807) is 6.07 Å². The molecule has 0 bridgehead atoms. The first-order chi connectivity index (χ1) is 12.5. The number of hydrogen-bond acceptors (Lipinski definition) is 8. The van der Waals surface area contributed by atoms with Crippen molar-refractivity contribution in [1.29, 1.82) is 0 Å². The molecule has 0 spiro atoms. The third kappa shape index (κ3) is 2.95. The summed E-state index contributed by atoms with van der Waals surface area (Å²) in [6, 6.07) is 2.17. The molecule has 11 heteroatoms. The number of carbonyl (C=O) groups is 3. The van der Waals surface area contributed by atoms with Crippen molar-refractivity contribution < 1.29 is 33.9 Å². The number of fused-ring (bicyclic) bond motifs is 1. The molecule has 1 aromatic heterocycles. The smallest absolute Gasteiger partial charge is 0.352 e. The summed E-state index contributed by atoms with van der Waals surface area (Å²) >= 11 is 1.26. The molecule has 138 valence electrons. The predicted octanol–water partition coefficient (Wildman–Crippen LogP) is -0.639. The lowest BCUT2D eigenvalue weighted by molar-refractivity contribution is -0.150. The molecule has 10 nitrogen and oxygen atoms in total. The van der Waals surface area contributed by atoms with Crippen molar-refractivity contribution in [3.8, 4) is 0 Å². The minimum atomic E-state index is -1.30. The molecule has 0 unspecified atom stereocenters. The number of carboxylic acids is 1. The van der Waals surface area contributed by atoms with Crippen molar-refractivity contribution in [3.05, 3.63) is 35.4 Å². The summed E-state index contributed by atoms with van der Waals surface area (Å²) in [5, 5.41) is 24.2. The Morgan fingerprint density at radius 2 is 2.31 bits per heavy atom. The number of amides is 2. The van der Waals surface area contributed by atoms with Gasteiger partial charge in [0, 0.05) is 5.75 Å². The topological polar surface area (TPSA) is 142 Å². The Labute approximate surface area is 151 Å². The van der Waals surface area contributed by atoms with Crippen LogP contribution in [-0.2, 0) is 19.2 Å². The largest absolute Gasteiger partial charge is 0.477 e. The fourth-order valence-corrected chi connectivity index (χ4v) is 4.05. The first kappa shape index (κ1) is 18.0. The molecule has 0 aliphatic carbocycles. The maximum Gasteiger partial charge on any atom is 0.352 e. The SMILES string of the molecule is CO/N=C(\C(=O)N[C@@H]1C(=O)N2C(C(=O)O)=C(CO)CS[C@@H]12)c1ccco1. The Balaban J connectivity index is 1.78. The standard InChI is InChI=1S/C15H15N3O7S/c1-24-17-9(8-3-2-4-25-8)12(20)16-10-13(21)18-11(15(22)23)7(5-19)6-26-14(10)18/h2-4,10,14,19H,5-6H2,1H3,(H,16,20)(H,22,23)/b17-9-/t10-,14+/m1/s1. The van der Waals surface area contributed by atoms with Crippen LogP contribution in [0.5, 0.6) is 0 Å². The molecule has 2 amide bonds. The van der Waals surface area contributed by atoms with Crippen LogP contribution in [0.15, 0.2) is 39.2 Å². The molecule has 26 heavy (non-hydrogen) atoms. The van der Waals surface area contributed by atoms with Gasteiger partial charge in [0.2, 0.25) is 5.71 Å². The van der Waals surface area contributed by atoms with E-state index >= 15 is 0 Å². The summed E-state index contributed by atoms with van der Waals surface area (Å²) in [4.78, 5) is 42.0. The Bertz CT molecular complexity index is 802. The lowest BCUT2D eigenvalue weighted by Crippen LogP contribution is -2.71. The highest BCUT2D eigenvalue weighted by atomic mass is 32.2. The molecular weight excluding hydrogens is 366 g/mol. The summed E-state index contributed by atoms with van der Waals surface area (Å²) in [7, 11) is 1.27. The number of aliphatic hydroxyl groups is 1. The van der Waals surface area contributed by atoms with Gasteiger partial charge >= 0.3 is 5.97 Å². The molecule has 2 aliphatic heterocycles. The maximum absolute atomic E-state index is 12.5. The number of aliphatic carboxylic acids is 1. The average molecular weight is 381 g/mol. The first-order valence-corrected chi connectivity index (χ1v) is 8.51. The molecular formula is C15H15N3O7S. The number of furan rings is 1. The van der Waals surface area contributed by atoms with Gasteiger partial charge in [0.25, 0.3) is 11.8 Å². The number of oxime groups is 1. The fraction of sp³-hybridized carbons (Fsp3) is 0.333. The summed E-state index contributed by atoms with van der Waals surface area (Å²) < 4.78 is 5.13. The van der Waals surface area contributed by atoms with E-state index in [1.807, 2.05) is 0 Å². The number of carbonyl (C=O) groups excluding carboxylic acids is 2. The van der Waals surface area contributed by atoms with Crippen molar-refractivity contribution in [2.45, 2.75) is 11.4 Å². The molecule has 0 saturated carbocycles. The summed E-state index contributed by atoms with van der Waals surface area (Å²) in [6.07, 6.45) is 1.36. The minimum absolute atomic E-state index is 0.144. The number of carboxylic acid groups (broad SMARTS) is 1. The highest BCUT2D eigenvalue weighted by Crippen LogP contribution is 2.40. The van der Waals surface area contributed by atoms with Gasteiger partial charge in [-0.15, -0.1) is 11.8 Å². The van der Waals surface area contributed by atoms with E-state index in [0.29, 0.717) is 0 Å². The van der Waals surface area contributed by atoms with Crippen LogP contribution in [0.1, 0.15) is 5.76 Å². The average Bonchev–Trinajstić information content (AvgIpc) is 3.16. The minimum Gasteiger partial charge on any atom is -0.477 e. The quantitative estimate of drug-likeness (QED) is 0.336. The van der Waals surface area contributed by atoms with E-state index in [-0.39, 0.29) is 28.5 Å². The normalized spacial score (nSPS) is 22.6. The monoisotopic (exact) mass is 381 g/mol. The third-order valence-corrected chi connectivity index (χ3v) is 5.22. The van der Waals surface area contributed by atoms with Crippen LogP contribution in [0.25, 0.3) is 0 Å². The highest BCUT2D eigenvalue weighted by Gasteiger charge is 2.54. The molecule has 1 saturated heterocycles. The van der Waals surface area contributed by atoms with Crippen molar-refractivity contribution >= 4 is 35.3 Å². The number of aliphatic hydroxyl groups excluding tert-OH is 1. The van der Waals surface area contributed by atoms with Crippen LogP contribution in [0.3, 0.4) is 0 Å². The maximum atomic E-state index is 12.5. The molecule has 2 aliphatic rings. The highest BCUT2D eigenvalue weighted by molar-refractivity contribution is 8.00. The number of hydrogen-bond donors (Lipinski definition) is 3. The van der Waals surface area contributed by atoms with Crippen molar-refractivity contribution in [2.75, 3.05) is 19.5 Å². The van der Waals surface area contributed by atoms with Crippen LogP contribution in [-0.4, -0.2) is 69.5 Å². The first-order valence-electron chi connectivity index (χ1n) is 7.46. The molecule has 1 aromatic rings. The zero-order valence-electron chi connectivity index (χ0n) is 13.5. The molecule has 0 aromatic carbocycles. The van der Waals surface area contributed by atoms with Crippen molar-refractivity contribution in [3.63, 3.8) is 0 Å². The van der Waals surface area contributed by atoms with E-state index in [9.17, 15) is 24.6 Å². The number of β-lactam (4-membered cyclic amide) rings is 1. The van der Waals surface area contributed by atoms with Crippen LogP contribution >= 0.6 is 11.8 Å². The van der Waals surface area contributed by atoms with E-state index in [0.717, 1.165) is 4.90 Å². The van der Waals surface area contributed by atoms with Gasteiger partial charge in [0.15, 0.2) is 5.76 Å². The second-order valence-corrected chi connectivity index (χ2v) is 6.48. The fourth-order valence-electron chi connectivity index (χ4n) is 2.72. The van der Waals surface area contributed by atoms with E-state index in [1.165, 1.54) is 31.2 Å². The number of thioether (sulfide) groups is 1. The van der Waals surface area contributed by atoms with Crippen LogP contribution in [0, 0.1) is 0 Å². The summed E-state index contributed by atoms with van der Waals surface area (Å²) in [6.45, 7) is -0.453. The van der Waals surface area contributed by atoms with Gasteiger partial charge in [-0.3, -0.25) is 14.5 Å². The van der Waals surface area contributed by atoms with Gasteiger partial charge in [0.1, 0.15) is 24.2 Å². The number of nitrogens with zero attached hydrogens (tertiary/aromatic N) is 2. The lowest BCUT2D eigenvalue weighted by Gasteiger charge is -2.49. The van der Waals surface area contributed by atoms with Crippen LogP contribution in [0.2, 0.25) is 0 Å². The second kappa shape index (κ2) is 7.22. The van der Waals surface area contributed by atoms with Crippen molar-refractivity contribution in [2.24, 2.45) is 5.16 Å². The molecule has 2 atom stereocenters. The predicted molar refractivity (Wildman–Crippen MR) is 89.0 cm³/mol.